The summed E-state index contributed by atoms with van der Waals surface area (Å²) in [5, 5.41) is 14.6. The topological polar surface area (TPSA) is 116 Å². The number of hydrogen-bond donors (Lipinski definition) is 1. The van der Waals surface area contributed by atoms with Crippen molar-refractivity contribution in [2.75, 3.05) is 17.7 Å². The highest BCUT2D eigenvalue weighted by Crippen LogP contribution is 2.29. The van der Waals surface area contributed by atoms with Crippen molar-refractivity contribution in [3.05, 3.63) is 57.1 Å². The van der Waals surface area contributed by atoms with E-state index in [9.17, 15) is 19.7 Å². The Morgan fingerprint density at radius 2 is 1.91 bits per heavy atom. The zero-order chi connectivity index (χ0) is 23.4. The van der Waals surface area contributed by atoms with Gasteiger partial charge < -0.3 is 14.6 Å². The fourth-order valence-electron chi connectivity index (χ4n) is 3.23. The normalized spacial score (nSPS) is 10.9. The molecule has 0 spiro atoms. The Hall–Kier alpha value is -3.40. The molecule has 0 aliphatic rings. The van der Waals surface area contributed by atoms with E-state index >= 15 is 0 Å². The van der Waals surface area contributed by atoms with Gasteiger partial charge in [-0.1, -0.05) is 11.8 Å². The van der Waals surface area contributed by atoms with Crippen LogP contribution < -0.4 is 5.32 Å². The molecule has 0 bridgehead atoms. The Morgan fingerprint density at radius 3 is 2.56 bits per heavy atom. The Bertz CT molecular complexity index is 1200. The first-order chi connectivity index (χ1) is 15.2. The number of aryl methyl sites for hydroxylation is 3. The maximum Gasteiger partial charge on any atom is 0.338 e. The van der Waals surface area contributed by atoms with Crippen molar-refractivity contribution in [2.45, 2.75) is 39.4 Å². The molecule has 2 aromatic carbocycles. The molecule has 0 aliphatic heterocycles. The minimum atomic E-state index is -0.507. The van der Waals surface area contributed by atoms with E-state index in [2.05, 4.69) is 10.3 Å². The molecule has 0 radical (unpaired) electrons. The lowest BCUT2D eigenvalue weighted by molar-refractivity contribution is -0.384. The zero-order valence-corrected chi connectivity index (χ0v) is 19.1. The number of fused-ring (bicyclic) bond motifs is 1. The third-order valence-corrected chi connectivity index (χ3v) is 5.93. The Morgan fingerprint density at radius 1 is 1.19 bits per heavy atom. The minimum absolute atomic E-state index is 0.0259. The van der Waals surface area contributed by atoms with Crippen molar-refractivity contribution in [2.24, 2.45) is 0 Å². The van der Waals surface area contributed by atoms with Gasteiger partial charge in [0.15, 0.2) is 5.16 Å². The molecular weight excluding hydrogens is 432 g/mol. The van der Waals surface area contributed by atoms with Gasteiger partial charge in [0.05, 0.1) is 33.9 Å². The summed E-state index contributed by atoms with van der Waals surface area (Å²) in [6, 6.07) is 8.22. The Kier molecular flexibility index (Phi) is 7.14. The predicted molar refractivity (Wildman–Crippen MR) is 123 cm³/mol. The van der Waals surface area contributed by atoms with E-state index in [1.807, 2.05) is 18.4 Å². The van der Waals surface area contributed by atoms with Crippen LogP contribution in [0, 0.1) is 24.0 Å². The van der Waals surface area contributed by atoms with Crippen LogP contribution >= 0.6 is 11.8 Å². The van der Waals surface area contributed by atoms with E-state index in [0.717, 1.165) is 16.6 Å². The number of nitrogens with one attached hydrogen (secondary N) is 1. The molecule has 0 aliphatic carbocycles. The number of amides is 1. The first-order valence-electron chi connectivity index (χ1n) is 10.1. The van der Waals surface area contributed by atoms with Crippen LogP contribution in [0.25, 0.3) is 11.0 Å². The summed E-state index contributed by atoms with van der Waals surface area (Å²) in [7, 11) is 0. The smallest absolute Gasteiger partial charge is 0.338 e. The summed E-state index contributed by atoms with van der Waals surface area (Å²) in [5.74, 6) is -0.759. The number of thioether (sulfide) groups is 1. The number of benzene rings is 2. The van der Waals surface area contributed by atoms with Crippen molar-refractivity contribution in [3.63, 3.8) is 0 Å². The molecule has 3 rings (SSSR count). The minimum Gasteiger partial charge on any atom is -0.462 e. The standard InChI is InChI=1S/C22H24N4O5S/c1-5-25-18-8-7-15(21(28)31-6-2)11-17(18)24-22(25)32-12-20(27)23-16-9-13(3)14(4)10-19(16)26(29)30/h7-11H,5-6,12H2,1-4H3,(H,23,27). The first-order valence-corrected chi connectivity index (χ1v) is 11.1. The number of carbonyl (C=O) groups is 2. The quantitative estimate of drug-likeness (QED) is 0.230. The summed E-state index contributed by atoms with van der Waals surface area (Å²) in [6.07, 6.45) is 0. The van der Waals surface area contributed by atoms with Crippen molar-refractivity contribution in [1.29, 1.82) is 0 Å². The number of anilines is 1. The molecule has 0 saturated heterocycles. The van der Waals surface area contributed by atoms with Gasteiger partial charge in [0.1, 0.15) is 5.69 Å². The van der Waals surface area contributed by atoms with Crippen molar-refractivity contribution in [3.8, 4) is 0 Å². The van der Waals surface area contributed by atoms with E-state index in [4.69, 9.17) is 4.74 Å². The molecule has 1 heterocycles. The molecule has 0 fully saturated rings. The Labute approximate surface area is 189 Å². The highest BCUT2D eigenvalue weighted by molar-refractivity contribution is 7.99. The van der Waals surface area contributed by atoms with Gasteiger partial charge in [-0.3, -0.25) is 14.9 Å². The van der Waals surface area contributed by atoms with Crippen molar-refractivity contribution in [1.82, 2.24) is 9.55 Å². The van der Waals surface area contributed by atoms with Crippen LogP contribution in [0.2, 0.25) is 0 Å². The lowest BCUT2D eigenvalue weighted by Crippen LogP contribution is -2.16. The second-order valence-electron chi connectivity index (χ2n) is 7.11. The van der Waals surface area contributed by atoms with E-state index < -0.39 is 10.9 Å². The van der Waals surface area contributed by atoms with Crippen LogP contribution in [-0.4, -0.2) is 38.7 Å². The maximum absolute atomic E-state index is 12.5. The van der Waals surface area contributed by atoms with Gasteiger partial charge in [-0.15, -0.1) is 0 Å². The number of nitro groups is 1. The second kappa shape index (κ2) is 9.82. The molecule has 0 unspecified atom stereocenters. The third-order valence-electron chi connectivity index (χ3n) is 4.96. The predicted octanol–water partition coefficient (Wildman–Crippen LogP) is 4.49. The molecule has 1 N–H and O–H groups in total. The van der Waals surface area contributed by atoms with E-state index in [-0.39, 0.29) is 29.6 Å². The van der Waals surface area contributed by atoms with E-state index in [1.165, 1.54) is 17.8 Å². The largest absolute Gasteiger partial charge is 0.462 e. The Balaban J connectivity index is 1.78. The fourth-order valence-corrected chi connectivity index (χ4v) is 4.11. The van der Waals surface area contributed by atoms with Gasteiger partial charge in [-0.25, -0.2) is 9.78 Å². The number of aromatic nitrogens is 2. The molecule has 168 valence electrons. The van der Waals surface area contributed by atoms with Crippen LogP contribution in [0.15, 0.2) is 35.5 Å². The molecule has 3 aromatic rings. The summed E-state index contributed by atoms with van der Waals surface area (Å²) in [4.78, 5) is 39.9. The molecule has 0 atom stereocenters. The van der Waals surface area contributed by atoms with E-state index in [1.54, 1.807) is 38.1 Å². The van der Waals surface area contributed by atoms with Gasteiger partial charge in [0.25, 0.3) is 5.69 Å². The molecule has 9 nitrogen and oxygen atoms in total. The average molecular weight is 457 g/mol. The van der Waals surface area contributed by atoms with Gasteiger partial charge in [-0.2, -0.15) is 0 Å². The molecule has 10 heteroatoms. The van der Waals surface area contributed by atoms with Gasteiger partial charge in [0, 0.05) is 12.6 Å². The highest BCUT2D eigenvalue weighted by Gasteiger charge is 2.19. The van der Waals surface area contributed by atoms with Crippen LogP contribution in [-0.2, 0) is 16.1 Å². The molecule has 1 amide bonds. The number of esters is 1. The summed E-state index contributed by atoms with van der Waals surface area (Å²) in [5.41, 5.74) is 3.55. The van der Waals surface area contributed by atoms with Crippen LogP contribution in [0.5, 0.6) is 0 Å². The number of carbonyl (C=O) groups excluding carboxylic acids is 2. The SMILES string of the molecule is CCOC(=O)c1ccc2c(c1)nc(SCC(=O)Nc1cc(C)c(C)cc1[N+](=O)[O-])n2CC. The maximum atomic E-state index is 12.5. The fraction of sp³-hybridized carbons (Fsp3) is 0.318. The number of nitrogens with zero attached hydrogens (tertiary/aromatic N) is 3. The number of rotatable bonds is 8. The molecular formula is C22H24N4O5S. The van der Waals surface area contributed by atoms with Crippen LogP contribution in [0.3, 0.4) is 0 Å². The monoisotopic (exact) mass is 456 g/mol. The highest BCUT2D eigenvalue weighted by atomic mass is 32.2. The summed E-state index contributed by atoms with van der Waals surface area (Å²) in [6.45, 7) is 8.23. The number of imidazole rings is 1. The van der Waals surface area contributed by atoms with Gasteiger partial charge in [0.2, 0.25) is 5.91 Å². The molecule has 32 heavy (non-hydrogen) atoms. The second-order valence-corrected chi connectivity index (χ2v) is 8.05. The average Bonchev–Trinajstić information content (AvgIpc) is 3.11. The number of nitro benzene ring substituents is 1. The number of hydrogen-bond acceptors (Lipinski definition) is 7. The van der Waals surface area contributed by atoms with Crippen LogP contribution in [0.1, 0.15) is 35.3 Å². The van der Waals surface area contributed by atoms with E-state index in [0.29, 0.717) is 22.8 Å². The molecule has 0 saturated carbocycles. The number of ether oxygens (including phenoxy) is 1. The summed E-state index contributed by atoms with van der Waals surface area (Å²) >= 11 is 1.22. The van der Waals surface area contributed by atoms with Crippen molar-refractivity contribution >= 4 is 46.0 Å². The van der Waals surface area contributed by atoms with Crippen LogP contribution in [0.4, 0.5) is 11.4 Å². The van der Waals surface area contributed by atoms with Gasteiger partial charge in [-0.05, 0) is 63.1 Å². The lowest BCUT2D eigenvalue weighted by Gasteiger charge is -2.09. The first kappa shape index (κ1) is 23.3. The zero-order valence-electron chi connectivity index (χ0n) is 18.3. The lowest BCUT2D eigenvalue weighted by atomic mass is 10.1. The van der Waals surface area contributed by atoms with Crippen molar-refractivity contribution < 1.29 is 19.2 Å². The molecule has 1 aromatic heterocycles. The van der Waals surface area contributed by atoms with Gasteiger partial charge >= 0.3 is 5.97 Å². The summed E-state index contributed by atoms with van der Waals surface area (Å²) < 4.78 is 6.98. The third kappa shape index (κ3) is 4.91.